The van der Waals surface area contributed by atoms with E-state index in [2.05, 4.69) is 31.1 Å². The van der Waals surface area contributed by atoms with Crippen LogP contribution >= 0.6 is 11.3 Å². The molecule has 2 rings (SSSR count). The topological polar surface area (TPSA) is 28.2 Å². The van der Waals surface area contributed by atoms with Crippen molar-refractivity contribution in [2.24, 2.45) is 0 Å². The van der Waals surface area contributed by atoms with Gasteiger partial charge in [-0.2, -0.15) is 0 Å². The summed E-state index contributed by atoms with van der Waals surface area (Å²) in [6, 6.07) is 0.686. The van der Waals surface area contributed by atoms with Crippen molar-refractivity contribution in [3.8, 4) is 0 Å². The number of nitrogens with zero attached hydrogens (tertiary/aromatic N) is 2. The number of anilines is 1. The Hall–Kier alpha value is -0.610. The molecule has 0 bridgehead atoms. The summed E-state index contributed by atoms with van der Waals surface area (Å²) in [5, 5.41) is 4.52. The fourth-order valence-electron chi connectivity index (χ4n) is 3.17. The summed E-state index contributed by atoms with van der Waals surface area (Å²) in [4.78, 5) is 8.89. The van der Waals surface area contributed by atoms with E-state index in [4.69, 9.17) is 4.98 Å². The highest BCUT2D eigenvalue weighted by Gasteiger charge is 2.22. The van der Waals surface area contributed by atoms with Gasteiger partial charge in [0.15, 0.2) is 5.13 Å². The SMILES string of the molecule is CCC(C)c1nc(N(C)C2CCCCCC2)sc1CNC. The van der Waals surface area contributed by atoms with Crippen molar-refractivity contribution < 1.29 is 0 Å². The molecule has 1 atom stereocenters. The molecule has 0 amide bonds. The van der Waals surface area contributed by atoms with E-state index >= 15 is 0 Å². The van der Waals surface area contributed by atoms with Gasteiger partial charge < -0.3 is 10.2 Å². The van der Waals surface area contributed by atoms with E-state index in [0.29, 0.717) is 12.0 Å². The second-order valence-corrected chi connectivity index (χ2v) is 7.46. The monoisotopic (exact) mass is 309 g/mol. The van der Waals surface area contributed by atoms with Gasteiger partial charge in [0, 0.05) is 24.5 Å². The molecule has 0 radical (unpaired) electrons. The van der Waals surface area contributed by atoms with Crippen molar-refractivity contribution in [2.75, 3.05) is 19.0 Å². The van der Waals surface area contributed by atoms with Crippen LogP contribution in [0, 0.1) is 0 Å². The predicted octanol–water partition coefficient (Wildman–Crippen LogP) is 4.54. The van der Waals surface area contributed by atoms with Gasteiger partial charge in [-0.15, -0.1) is 11.3 Å². The molecule has 0 aliphatic heterocycles. The van der Waals surface area contributed by atoms with Crippen LogP contribution in [-0.4, -0.2) is 25.1 Å². The van der Waals surface area contributed by atoms with Crippen LogP contribution in [0.2, 0.25) is 0 Å². The molecule has 1 aromatic heterocycles. The number of thiazole rings is 1. The summed E-state index contributed by atoms with van der Waals surface area (Å²) in [7, 11) is 4.27. The fraction of sp³-hybridized carbons (Fsp3) is 0.824. The number of aromatic nitrogens is 1. The summed E-state index contributed by atoms with van der Waals surface area (Å²) in [5.74, 6) is 0.556. The van der Waals surface area contributed by atoms with Crippen LogP contribution in [0.4, 0.5) is 5.13 Å². The molecule has 3 nitrogen and oxygen atoms in total. The number of rotatable bonds is 6. The molecule has 1 N–H and O–H groups in total. The second-order valence-electron chi connectivity index (χ2n) is 6.40. The van der Waals surface area contributed by atoms with E-state index in [1.54, 1.807) is 0 Å². The molecule has 4 heteroatoms. The van der Waals surface area contributed by atoms with Gasteiger partial charge in [0.1, 0.15) is 0 Å². The van der Waals surface area contributed by atoms with Crippen molar-refractivity contribution in [3.63, 3.8) is 0 Å². The zero-order valence-electron chi connectivity index (χ0n) is 14.1. The third kappa shape index (κ3) is 4.19. The highest BCUT2D eigenvalue weighted by molar-refractivity contribution is 7.15. The van der Waals surface area contributed by atoms with E-state index in [0.717, 1.165) is 13.0 Å². The zero-order valence-corrected chi connectivity index (χ0v) is 14.9. The Morgan fingerprint density at radius 1 is 1.29 bits per heavy atom. The summed E-state index contributed by atoms with van der Waals surface area (Å²) in [6.45, 7) is 5.49. The smallest absolute Gasteiger partial charge is 0.185 e. The van der Waals surface area contributed by atoms with Crippen LogP contribution in [0.1, 0.15) is 75.3 Å². The van der Waals surface area contributed by atoms with Crippen LogP contribution in [0.15, 0.2) is 0 Å². The summed E-state index contributed by atoms with van der Waals surface area (Å²) in [6.07, 6.45) is 9.39. The molecule has 0 spiro atoms. The molecule has 1 fully saturated rings. The van der Waals surface area contributed by atoms with Crippen LogP contribution in [-0.2, 0) is 6.54 Å². The van der Waals surface area contributed by atoms with Gasteiger partial charge in [0.05, 0.1) is 5.69 Å². The third-order valence-electron chi connectivity index (χ3n) is 4.81. The van der Waals surface area contributed by atoms with Gasteiger partial charge in [0.25, 0.3) is 0 Å². The minimum Gasteiger partial charge on any atom is -0.348 e. The van der Waals surface area contributed by atoms with Gasteiger partial charge in [0.2, 0.25) is 0 Å². The number of hydrogen-bond donors (Lipinski definition) is 1. The molecule has 0 aromatic carbocycles. The fourth-order valence-corrected chi connectivity index (χ4v) is 4.39. The minimum atomic E-state index is 0.556. The van der Waals surface area contributed by atoms with Crippen LogP contribution in [0.3, 0.4) is 0 Å². The van der Waals surface area contributed by atoms with Gasteiger partial charge in [-0.3, -0.25) is 0 Å². The summed E-state index contributed by atoms with van der Waals surface area (Å²) in [5.41, 5.74) is 1.31. The molecular formula is C17H31N3S. The molecule has 1 heterocycles. The maximum atomic E-state index is 5.01. The van der Waals surface area contributed by atoms with Gasteiger partial charge in [-0.05, 0) is 32.2 Å². The molecule has 1 aromatic rings. The lowest BCUT2D eigenvalue weighted by Crippen LogP contribution is -2.30. The van der Waals surface area contributed by atoms with Crippen LogP contribution in [0.25, 0.3) is 0 Å². The molecular weight excluding hydrogens is 278 g/mol. The Morgan fingerprint density at radius 2 is 1.95 bits per heavy atom. The standard InChI is InChI=1S/C17H31N3S/c1-5-13(2)16-15(12-18-3)21-17(19-16)20(4)14-10-8-6-7-9-11-14/h13-14,18H,5-12H2,1-4H3. The van der Waals surface area contributed by atoms with Crippen molar-refractivity contribution >= 4 is 16.5 Å². The Balaban J connectivity index is 2.17. The van der Waals surface area contributed by atoms with E-state index in [1.807, 2.05) is 18.4 Å². The maximum absolute atomic E-state index is 5.01. The lowest BCUT2D eigenvalue weighted by atomic mass is 10.0. The molecule has 1 aliphatic carbocycles. The Bertz CT molecular complexity index is 422. The first-order valence-corrected chi connectivity index (χ1v) is 9.36. The molecule has 120 valence electrons. The first-order valence-electron chi connectivity index (χ1n) is 8.54. The normalized spacial score (nSPS) is 18.5. The second kappa shape index (κ2) is 8.14. The van der Waals surface area contributed by atoms with Crippen molar-refractivity contribution in [3.05, 3.63) is 10.6 Å². The molecule has 1 unspecified atom stereocenters. The Kier molecular flexibility index (Phi) is 6.49. The van der Waals surface area contributed by atoms with E-state index in [-0.39, 0.29) is 0 Å². The largest absolute Gasteiger partial charge is 0.348 e. The number of hydrogen-bond acceptors (Lipinski definition) is 4. The first-order chi connectivity index (χ1) is 10.2. The lowest BCUT2D eigenvalue weighted by Gasteiger charge is -2.26. The van der Waals surface area contributed by atoms with Gasteiger partial charge >= 0.3 is 0 Å². The van der Waals surface area contributed by atoms with Gasteiger partial charge in [-0.1, -0.05) is 39.5 Å². The third-order valence-corrected chi connectivity index (χ3v) is 5.97. The molecule has 0 saturated heterocycles. The van der Waals surface area contributed by atoms with E-state index in [1.165, 1.54) is 54.2 Å². The molecule has 1 saturated carbocycles. The van der Waals surface area contributed by atoms with Crippen molar-refractivity contribution in [1.29, 1.82) is 0 Å². The number of nitrogens with one attached hydrogen (secondary N) is 1. The van der Waals surface area contributed by atoms with Crippen LogP contribution in [0.5, 0.6) is 0 Å². The van der Waals surface area contributed by atoms with E-state index < -0.39 is 0 Å². The summed E-state index contributed by atoms with van der Waals surface area (Å²) >= 11 is 1.89. The highest BCUT2D eigenvalue weighted by atomic mass is 32.1. The lowest BCUT2D eigenvalue weighted by molar-refractivity contribution is 0.551. The van der Waals surface area contributed by atoms with Gasteiger partial charge in [-0.25, -0.2) is 4.98 Å². The molecule has 1 aliphatic rings. The highest BCUT2D eigenvalue weighted by Crippen LogP contribution is 2.34. The average molecular weight is 310 g/mol. The van der Waals surface area contributed by atoms with Crippen LogP contribution < -0.4 is 10.2 Å². The molecule has 21 heavy (non-hydrogen) atoms. The first kappa shape index (κ1) is 16.8. The quantitative estimate of drug-likeness (QED) is 0.782. The Morgan fingerprint density at radius 3 is 2.52 bits per heavy atom. The Labute approximate surface area is 134 Å². The predicted molar refractivity (Wildman–Crippen MR) is 93.5 cm³/mol. The van der Waals surface area contributed by atoms with E-state index in [9.17, 15) is 0 Å². The minimum absolute atomic E-state index is 0.556. The van der Waals surface area contributed by atoms with Crippen molar-refractivity contribution in [2.45, 2.75) is 77.3 Å². The maximum Gasteiger partial charge on any atom is 0.185 e. The van der Waals surface area contributed by atoms with Crippen molar-refractivity contribution in [1.82, 2.24) is 10.3 Å². The zero-order chi connectivity index (χ0) is 15.2. The summed E-state index contributed by atoms with van der Waals surface area (Å²) < 4.78 is 0. The average Bonchev–Trinajstić information content (AvgIpc) is 2.73.